The van der Waals surface area contributed by atoms with Crippen molar-refractivity contribution >= 4 is 17.7 Å². The molecule has 0 spiro atoms. The van der Waals surface area contributed by atoms with E-state index in [1.807, 2.05) is 13.0 Å². The van der Waals surface area contributed by atoms with E-state index in [2.05, 4.69) is 19.2 Å². The molecule has 7 heteroatoms. The summed E-state index contributed by atoms with van der Waals surface area (Å²) in [6.07, 6.45) is 4.38. The van der Waals surface area contributed by atoms with Gasteiger partial charge in [-0.15, -0.1) is 0 Å². The lowest BCUT2D eigenvalue weighted by molar-refractivity contribution is -0.142. The summed E-state index contributed by atoms with van der Waals surface area (Å²) in [5.74, 6) is -0.0257. The molecular weight excluding hydrogens is 434 g/mol. The second kappa shape index (κ2) is 8.73. The van der Waals surface area contributed by atoms with Gasteiger partial charge in [0.25, 0.3) is 5.91 Å². The number of nitrogens with one attached hydrogen (secondary N) is 1. The van der Waals surface area contributed by atoms with Gasteiger partial charge in [0.05, 0.1) is 30.6 Å². The van der Waals surface area contributed by atoms with Gasteiger partial charge in [-0.2, -0.15) is 0 Å². The zero-order valence-corrected chi connectivity index (χ0v) is 20.3. The largest absolute Gasteiger partial charge is 0.507 e. The second-order valence-corrected chi connectivity index (χ2v) is 10.1. The number of aromatic hydroxyl groups is 1. The molecule has 2 aliphatic heterocycles. The summed E-state index contributed by atoms with van der Waals surface area (Å²) < 4.78 is 16.8. The fraction of sp³-hybridized carbons (Fsp3) is 0.444. The van der Waals surface area contributed by atoms with Crippen LogP contribution in [-0.4, -0.2) is 48.7 Å². The molecule has 0 aromatic heterocycles. The van der Waals surface area contributed by atoms with Gasteiger partial charge >= 0.3 is 0 Å². The van der Waals surface area contributed by atoms with Crippen LogP contribution in [0.4, 0.5) is 5.69 Å². The average Bonchev–Trinajstić information content (AvgIpc) is 2.81. The van der Waals surface area contributed by atoms with Crippen molar-refractivity contribution in [3.8, 4) is 11.5 Å². The number of carbonyl (C=O) groups is 1. The summed E-state index contributed by atoms with van der Waals surface area (Å²) in [5.41, 5.74) is -0.808. The van der Waals surface area contributed by atoms with Crippen LogP contribution < -0.4 is 10.1 Å². The van der Waals surface area contributed by atoms with Crippen LogP contribution in [0.15, 0.2) is 42.5 Å². The number of methoxy groups -OCH3 is 2. The van der Waals surface area contributed by atoms with Crippen LogP contribution in [0.2, 0.25) is 0 Å². The SMILES string of the molecule is COc1ccc([C@]2(O)c3c(ccc(/C=C/[C@]4(C)CCC(C)(C)CO4)c3O)NC(=O)[C@H]2OC)cc1. The predicted molar refractivity (Wildman–Crippen MR) is 130 cm³/mol. The number of ether oxygens (including phenoxy) is 3. The van der Waals surface area contributed by atoms with E-state index < -0.39 is 23.2 Å². The smallest absolute Gasteiger partial charge is 0.257 e. The summed E-state index contributed by atoms with van der Waals surface area (Å²) in [4.78, 5) is 12.8. The molecule has 3 atom stereocenters. The van der Waals surface area contributed by atoms with Gasteiger partial charge in [-0.3, -0.25) is 4.79 Å². The number of aliphatic hydroxyl groups is 1. The third-order valence-corrected chi connectivity index (χ3v) is 6.94. The molecule has 2 aromatic rings. The van der Waals surface area contributed by atoms with Crippen molar-refractivity contribution in [3.05, 3.63) is 59.2 Å². The van der Waals surface area contributed by atoms with Crippen LogP contribution >= 0.6 is 0 Å². The molecule has 2 aromatic carbocycles. The molecule has 0 bridgehead atoms. The Balaban J connectivity index is 1.78. The Labute approximate surface area is 200 Å². The molecule has 0 aliphatic carbocycles. The number of phenolic OH excluding ortho intramolecular Hbond substituents is 1. The summed E-state index contributed by atoms with van der Waals surface area (Å²) >= 11 is 0. The Morgan fingerprint density at radius 2 is 1.79 bits per heavy atom. The van der Waals surface area contributed by atoms with Crippen molar-refractivity contribution in [2.45, 2.75) is 50.9 Å². The first-order valence-electron chi connectivity index (χ1n) is 11.4. The van der Waals surface area contributed by atoms with Crippen molar-refractivity contribution in [2.24, 2.45) is 5.41 Å². The number of rotatable bonds is 5. The summed E-state index contributed by atoms with van der Waals surface area (Å²) in [5, 5.41) is 26.1. The minimum Gasteiger partial charge on any atom is -0.507 e. The Hall–Kier alpha value is -2.87. The van der Waals surface area contributed by atoms with Crippen LogP contribution in [0.5, 0.6) is 11.5 Å². The Morgan fingerprint density at radius 3 is 2.38 bits per heavy atom. The summed E-state index contributed by atoms with van der Waals surface area (Å²) in [7, 11) is 2.90. The molecule has 182 valence electrons. The van der Waals surface area contributed by atoms with Gasteiger partial charge in [-0.1, -0.05) is 38.1 Å². The van der Waals surface area contributed by atoms with Crippen LogP contribution in [0.3, 0.4) is 0 Å². The fourth-order valence-corrected chi connectivity index (χ4v) is 4.66. The van der Waals surface area contributed by atoms with Crippen molar-refractivity contribution < 1.29 is 29.2 Å². The highest BCUT2D eigenvalue weighted by Gasteiger charge is 2.51. The zero-order valence-electron chi connectivity index (χ0n) is 20.3. The van der Waals surface area contributed by atoms with Gasteiger partial charge < -0.3 is 29.7 Å². The van der Waals surface area contributed by atoms with Crippen molar-refractivity contribution in [1.29, 1.82) is 0 Å². The zero-order chi connectivity index (χ0) is 24.7. The highest BCUT2D eigenvalue weighted by atomic mass is 16.5. The molecule has 0 unspecified atom stereocenters. The normalized spacial score (nSPS) is 28.4. The Kier molecular flexibility index (Phi) is 6.23. The molecule has 2 aliphatic rings. The molecule has 1 saturated heterocycles. The summed E-state index contributed by atoms with van der Waals surface area (Å²) in [6, 6.07) is 10.1. The van der Waals surface area contributed by atoms with E-state index in [0.29, 0.717) is 29.2 Å². The molecule has 34 heavy (non-hydrogen) atoms. The monoisotopic (exact) mass is 467 g/mol. The van der Waals surface area contributed by atoms with Gasteiger partial charge in [0.2, 0.25) is 0 Å². The minimum absolute atomic E-state index is 0.131. The molecule has 4 rings (SSSR count). The standard InChI is InChI=1S/C27H33NO6/c1-25(2)14-15-26(3,34-16-25)13-12-17-6-11-20-21(22(17)29)27(31,23(33-5)24(30)28-20)18-7-9-19(32-4)10-8-18/h6-13,23,29,31H,14-16H2,1-5H3,(H,28,30)/b13-12+/t23-,26-,27+/m1/s1. The first-order chi connectivity index (χ1) is 16.0. The number of anilines is 1. The quantitative estimate of drug-likeness (QED) is 0.610. The van der Waals surface area contributed by atoms with Crippen LogP contribution in [0.1, 0.15) is 50.3 Å². The number of carbonyl (C=O) groups excluding carboxylic acids is 1. The predicted octanol–water partition coefficient (Wildman–Crippen LogP) is 4.21. The number of fused-ring (bicyclic) bond motifs is 1. The Morgan fingerprint density at radius 1 is 1.09 bits per heavy atom. The van der Waals surface area contributed by atoms with Crippen molar-refractivity contribution in [3.63, 3.8) is 0 Å². The molecule has 2 heterocycles. The van der Waals surface area contributed by atoms with Crippen LogP contribution in [-0.2, 0) is 19.9 Å². The van der Waals surface area contributed by atoms with E-state index in [9.17, 15) is 15.0 Å². The molecule has 1 amide bonds. The lowest BCUT2D eigenvalue weighted by Crippen LogP contribution is -2.52. The average molecular weight is 468 g/mol. The first kappa shape index (κ1) is 24.3. The lowest BCUT2D eigenvalue weighted by atomic mass is 9.76. The Bertz CT molecular complexity index is 1100. The number of phenols is 1. The third kappa shape index (κ3) is 4.19. The van der Waals surface area contributed by atoms with E-state index in [0.717, 1.165) is 12.8 Å². The maximum Gasteiger partial charge on any atom is 0.257 e. The highest BCUT2D eigenvalue weighted by Crippen LogP contribution is 2.48. The van der Waals surface area contributed by atoms with E-state index in [1.165, 1.54) is 7.11 Å². The van der Waals surface area contributed by atoms with Gasteiger partial charge in [0.15, 0.2) is 11.7 Å². The molecule has 3 N–H and O–H groups in total. The van der Waals surface area contributed by atoms with E-state index >= 15 is 0 Å². The molecular formula is C27H33NO6. The number of benzene rings is 2. The molecule has 7 nitrogen and oxygen atoms in total. The maximum atomic E-state index is 12.8. The molecule has 0 radical (unpaired) electrons. The van der Waals surface area contributed by atoms with Gasteiger partial charge in [-0.25, -0.2) is 0 Å². The van der Waals surface area contributed by atoms with E-state index in [1.54, 1.807) is 49.6 Å². The van der Waals surface area contributed by atoms with Crippen LogP contribution in [0.25, 0.3) is 6.08 Å². The molecule has 1 fully saturated rings. The van der Waals surface area contributed by atoms with Gasteiger partial charge in [0.1, 0.15) is 11.5 Å². The van der Waals surface area contributed by atoms with E-state index in [-0.39, 0.29) is 16.7 Å². The van der Waals surface area contributed by atoms with Crippen molar-refractivity contribution in [2.75, 3.05) is 26.1 Å². The van der Waals surface area contributed by atoms with Gasteiger partial charge in [0, 0.05) is 12.7 Å². The topological polar surface area (TPSA) is 97.3 Å². The molecule has 0 saturated carbocycles. The lowest BCUT2D eigenvalue weighted by Gasteiger charge is -2.41. The van der Waals surface area contributed by atoms with Gasteiger partial charge in [-0.05, 0) is 55.0 Å². The number of amides is 1. The second-order valence-electron chi connectivity index (χ2n) is 10.1. The third-order valence-electron chi connectivity index (χ3n) is 6.94. The fourth-order valence-electron chi connectivity index (χ4n) is 4.66. The number of hydrogen-bond donors (Lipinski definition) is 3. The first-order valence-corrected chi connectivity index (χ1v) is 11.4. The highest BCUT2D eigenvalue weighted by molar-refractivity contribution is 6.00. The van der Waals surface area contributed by atoms with E-state index in [4.69, 9.17) is 14.2 Å². The van der Waals surface area contributed by atoms with Crippen molar-refractivity contribution in [1.82, 2.24) is 0 Å². The summed E-state index contributed by atoms with van der Waals surface area (Å²) in [6.45, 7) is 7.06. The van der Waals surface area contributed by atoms with Crippen LogP contribution in [0, 0.1) is 5.41 Å². The minimum atomic E-state index is -1.91. The number of hydrogen-bond acceptors (Lipinski definition) is 6. The maximum absolute atomic E-state index is 12.8.